The van der Waals surface area contributed by atoms with Gasteiger partial charge in [-0.25, -0.2) is 0 Å². The number of hydrogen-bond acceptors (Lipinski definition) is 4. The quantitative estimate of drug-likeness (QED) is 0.685. The Morgan fingerprint density at radius 1 is 1.23 bits per heavy atom. The van der Waals surface area contributed by atoms with Crippen molar-refractivity contribution in [3.8, 4) is 11.5 Å². The fourth-order valence-corrected chi connectivity index (χ4v) is 5.67. The van der Waals surface area contributed by atoms with Crippen LogP contribution in [0.2, 0.25) is 5.02 Å². The van der Waals surface area contributed by atoms with Gasteiger partial charge in [0.15, 0.2) is 0 Å². The van der Waals surface area contributed by atoms with Gasteiger partial charge in [0, 0.05) is 54.6 Å². The molecule has 0 unspecified atom stereocenters. The lowest BCUT2D eigenvalue weighted by atomic mass is 9.70. The minimum atomic E-state index is -0.285. The van der Waals surface area contributed by atoms with Gasteiger partial charge in [-0.15, -0.1) is 0 Å². The van der Waals surface area contributed by atoms with E-state index in [1.807, 2.05) is 47.4 Å². The number of likely N-dealkylation sites (tertiary alicyclic amines) is 1. The first-order valence-corrected chi connectivity index (χ1v) is 11.5. The molecule has 0 radical (unpaired) electrons. The normalized spacial score (nSPS) is 24.1. The second-order valence-electron chi connectivity index (χ2n) is 8.76. The molecule has 2 atom stereocenters. The largest absolute Gasteiger partial charge is 0.496 e. The molecular formula is C25H28ClNO4. The summed E-state index contributed by atoms with van der Waals surface area (Å²) in [6, 6.07) is 13.5. The predicted molar refractivity (Wildman–Crippen MR) is 119 cm³/mol. The lowest BCUT2D eigenvalue weighted by Gasteiger charge is -2.53. The third-order valence-corrected chi connectivity index (χ3v) is 7.32. The van der Waals surface area contributed by atoms with Crippen LogP contribution in [0.5, 0.6) is 11.5 Å². The summed E-state index contributed by atoms with van der Waals surface area (Å²) in [6.45, 7) is 2.16. The Hall–Kier alpha value is -2.24. The van der Waals surface area contributed by atoms with Crippen LogP contribution in [0.15, 0.2) is 42.5 Å². The summed E-state index contributed by atoms with van der Waals surface area (Å²) >= 11 is 6.26. The highest BCUT2D eigenvalue weighted by Crippen LogP contribution is 2.53. The van der Waals surface area contributed by atoms with E-state index >= 15 is 0 Å². The summed E-state index contributed by atoms with van der Waals surface area (Å²) in [6.07, 6.45) is 4.12. The second kappa shape index (κ2) is 8.36. The molecule has 5 nitrogen and oxygen atoms in total. The Bertz CT molecular complexity index is 970. The molecule has 3 aliphatic rings. The molecule has 2 aromatic carbocycles. The summed E-state index contributed by atoms with van der Waals surface area (Å²) in [7, 11) is 1.64. The first-order valence-electron chi connectivity index (χ1n) is 11.1. The van der Waals surface area contributed by atoms with Crippen molar-refractivity contribution in [1.29, 1.82) is 0 Å². The average molecular weight is 442 g/mol. The molecule has 0 N–H and O–H groups in total. The zero-order valence-electron chi connectivity index (χ0n) is 17.8. The van der Waals surface area contributed by atoms with Crippen molar-refractivity contribution < 1.29 is 19.0 Å². The van der Waals surface area contributed by atoms with Gasteiger partial charge in [0.25, 0.3) is 0 Å². The Labute approximate surface area is 188 Å². The van der Waals surface area contributed by atoms with E-state index in [4.69, 9.17) is 25.8 Å². The second-order valence-corrected chi connectivity index (χ2v) is 9.19. The highest BCUT2D eigenvalue weighted by molar-refractivity contribution is 6.30. The van der Waals surface area contributed by atoms with Crippen LogP contribution in [-0.4, -0.2) is 43.2 Å². The van der Waals surface area contributed by atoms with Crippen molar-refractivity contribution in [2.75, 3.05) is 26.8 Å². The SMILES string of the molecule is COc1ccccc1CC(=O)N1CCC2(CC1)Oc1ccc(Cl)cc1[C@H]1OCCC[C@@H]12. The molecule has 2 aromatic rings. The first-order chi connectivity index (χ1) is 15.1. The summed E-state index contributed by atoms with van der Waals surface area (Å²) in [5.74, 6) is 2.07. The molecule has 0 bridgehead atoms. The first kappa shape index (κ1) is 20.7. The van der Waals surface area contributed by atoms with Gasteiger partial charge in [-0.2, -0.15) is 0 Å². The number of benzene rings is 2. The molecule has 164 valence electrons. The van der Waals surface area contributed by atoms with Gasteiger partial charge in [-0.05, 0) is 37.1 Å². The number of halogens is 1. The van der Waals surface area contributed by atoms with Crippen LogP contribution in [0.3, 0.4) is 0 Å². The molecule has 5 rings (SSSR count). The van der Waals surface area contributed by atoms with Crippen molar-refractivity contribution in [1.82, 2.24) is 4.90 Å². The van der Waals surface area contributed by atoms with Gasteiger partial charge >= 0.3 is 0 Å². The fourth-order valence-electron chi connectivity index (χ4n) is 5.49. The summed E-state index contributed by atoms with van der Waals surface area (Å²) in [4.78, 5) is 15.0. The summed E-state index contributed by atoms with van der Waals surface area (Å²) < 4.78 is 18.3. The molecule has 1 amide bonds. The Balaban J connectivity index is 1.33. The van der Waals surface area contributed by atoms with Crippen LogP contribution in [0, 0.1) is 5.92 Å². The number of hydrogen-bond donors (Lipinski definition) is 0. The van der Waals surface area contributed by atoms with E-state index in [1.165, 1.54) is 0 Å². The van der Waals surface area contributed by atoms with Gasteiger partial charge in [0.2, 0.25) is 5.91 Å². The van der Waals surface area contributed by atoms with E-state index in [9.17, 15) is 4.79 Å². The van der Waals surface area contributed by atoms with E-state index < -0.39 is 0 Å². The maximum Gasteiger partial charge on any atom is 0.227 e. The minimum absolute atomic E-state index is 0.0204. The van der Waals surface area contributed by atoms with E-state index in [2.05, 4.69) is 0 Å². The highest BCUT2D eigenvalue weighted by atomic mass is 35.5. The van der Waals surface area contributed by atoms with Gasteiger partial charge in [0.05, 0.1) is 19.6 Å². The third-order valence-electron chi connectivity index (χ3n) is 7.09. The molecule has 6 heteroatoms. The monoisotopic (exact) mass is 441 g/mol. The number of methoxy groups -OCH3 is 1. The van der Waals surface area contributed by atoms with Gasteiger partial charge in [-0.3, -0.25) is 4.79 Å². The number of para-hydroxylation sites is 1. The molecule has 3 aliphatic heterocycles. The molecule has 2 fully saturated rings. The van der Waals surface area contributed by atoms with Gasteiger partial charge in [-0.1, -0.05) is 29.8 Å². The molecule has 0 saturated carbocycles. The topological polar surface area (TPSA) is 48.0 Å². The molecule has 0 aliphatic carbocycles. The van der Waals surface area contributed by atoms with E-state index in [0.717, 1.165) is 54.9 Å². The Morgan fingerprint density at radius 2 is 2.03 bits per heavy atom. The zero-order chi connectivity index (χ0) is 21.4. The third kappa shape index (κ3) is 3.79. The molecule has 3 heterocycles. The summed E-state index contributed by atoms with van der Waals surface area (Å²) in [5, 5.41) is 0.711. The van der Waals surface area contributed by atoms with Crippen molar-refractivity contribution in [2.24, 2.45) is 5.92 Å². The fraction of sp³-hybridized carbons (Fsp3) is 0.480. The van der Waals surface area contributed by atoms with E-state index in [1.54, 1.807) is 7.11 Å². The van der Waals surface area contributed by atoms with E-state index in [0.29, 0.717) is 30.5 Å². The molecule has 1 spiro atoms. The summed E-state index contributed by atoms with van der Waals surface area (Å²) in [5.41, 5.74) is 1.71. The number of carbonyl (C=O) groups is 1. The number of rotatable bonds is 3. The predicted octanol–water partition coefficient (Wildman–Crippen LogP) is 4.81. The minimum Gasteiger partial charge on any atom is -0.496 e. The van der Waals surface area contributed by atoms with Gasteiger partial charge < -0.3 is 19.1 Å². The maximum absolute atomic E-state index is 13.0. The molecular weight excluding hydrogens is 414 g/mol. The zero-order valence-corrected chi connectivity index (χ0v) is 18.6. The number of nitrogens with zero attached hydrogens (tertiary/aromatic N) is 1. The average Bonchev–Trinajstić information content (AvgIpc) is 2.81. The van der Waals surface area contributed by atoms with Crippen LogP contribution in [0.4, 0.5) is 0 Å². The van der Waals surface area contributed by atoms with Gasteiger partial charge in [0.1, 0.15) is 17.1 Å². The Kier molecular flexibility index (Phi) is 5.57. The van der Waals surface area contributed by atoms with Crippen LogP contribution in [0.1, 0.15) is 42.9 Å². The highest BCUT2D eigenvalue weighted by Gasteiger charge is 2.52. The number of amides is 1. The maximum atomic E-state index is 13.0. The smallest absolute Gasteiger partial charge is 0.227 e. The number of piperidine rings is 1. The van der Waals surface area contributed by atoms with Crippen LogP contribution in [0.25, 0.3) is 0 Å². The van der Waals surface area contributed by atoms with Crippen molar-refractivity contribution in [2.45, 2.75) is 43.8 Å². The van der Waals surface area contributed by atoms with Crippen molar-refractivity contribution >= 4 is 17.5 Å². The van der Waals surface area contributed by atoms with Crippen LogP contribution >= 0.6 is 11.6 Å². The van der Waals surface area contributed by atoms with E-state index in [-0.39, 0.29) is 17.6 Å². The lowest BCUT2D eigenvalue weighted by Crippen LogP contribution is -2.58. The molecule has 0 aromatic heterocycles. The van der Waals surface area contributed by atoms with Crippen molar-refractivity contribution in [3.63, 3.8) is 0 Å². The number of ether oxygens (including phenoxy) is 3. The number of fused-ring (bicyclic) bond motifs is 4. The standard InChI is InChI=1S/C25H28ClNO4/c1-29-21-7-3-2-5-17(21)15-23(28)27-12-10-25(11-13-27)20-6-4-14-30-24(20)19-16-18(26)8-9-22(19)31-25/h2-3,5,7-9,16,20,24H,4,6,10-15H2,1H3/t20-,24+/m0/s1. The van der Waals surface area contributed by atoms with Crippen molar-refractivity contribution in [3.05, 3.63) is 58.6 Å². The molecule has 31 heavy (non-hydrogen) atoms. The number of carbonyl (C=O) groups excluding carboxylic acids is 1. The Morgan fingerprint density at radius 3 is 2.84 bits per heavy atom. The van der Waals surface area contributed by atoms with Crippen LogP contribution < -0.4 is 9.47 Å². The lowest BCUT2D eigenvalue weighted by molar-refractivity contribution is -0.156. The van der Waals surface area contributed by atoms with Crippen LogP contribution in [-0.2, 0) is 16.0 Å². The molecule has 2 saturated heterocycles.